The van der Waals surface area contributed by atoms with E-state index in [4.69, 9.17) is 0 Å². The van der Waals surface area contributed by atoms with Crippen molar-refractivity contribution in [1.82, 2.24) is 14.5 Å². The van der Waals surface area contributed by atoms with Gasteiger partial charge in [0.15, 0.2) is 0 Å². The summed E-state index contributed by atoms with van der Waals surface area (Å²) >= 11 is 0. The average Bonchev–Trinajstić information content (AvgIpc) is 2.75. The highest BCUT2D eigenvalue weighted by Crippen LogP contribution is 2.42. The van der Waals surface area contributed by atoms with Crippen LogP contribution >= 0.6 is 12.4 Å². The van der Waals surface area contributed by atoms with Gasteiger partial charge in [-0.15, -0.1) is 12.4 Å². The number of sulfonamides is 1. The molecule has 6 nitrogen and oxygen atoms in total. The monoisotopic (exact) mass is 471 g/mol. The third-order valence-corrected chi connectivity index (χ3v) is 9.36. The summed E-state index contributed by atoms with van der Waals surface area (Å²) in [4.78, 5) is 15.2. The fourth-order valence-corrected chi connectivity index (χ4v) is 6.76. The lowest BCUT2D eigenvalue weighted by atomic mass is 9.67. The zero-order valence-corrected chi connectivity index (χ0v) is 20.7. The third kappa shape index (κ3) is 5.81. The molecule has 1 aromatic carbocycles. The Kier molecular flexibility index (Phi) is 9.37. The van der Waals surface area contributed by atoms with Gasteiger partial charge in [0.1, 0.15) is 0 Å². The van der Waals surface area contributed by atoms with Gasteiger partial charge in [0.05, 0.1) is 5.75 Å². The number of hydrogen-bond acceptors (Lipinski definition) is 4. The first-order chi connectivity index (χ1) is 14.3. The van der Waals surface area contributed by atoms with Gasteiger partial charge < -0.3 is 5.32 Å². The van der Waals surface area contributed by atoms with Crippen LogP contribution in [0.5, 0.6) is 0 Å². The molecule has 1 amide bonds. The molecule has 1 saturated carbocycles. The fraction of sp³-hybridized carbons (Fsp3) is 0.696. The predicted octanol–water partition coefficient (Wildman–Crippen LogP) is 3.39. The van der Waals surface area contributed by atoms with E-state index in [1.165, 1.54) is 6.42 Å². The van der Waals surface area contributed by atoms with Crippen molar-refractivity contribution in [2.24, 2.45) is 11.8 Å². The smallest absolute Gasteiger partial charge is 0.251 e. The molecule has 1 aliphatic heterocycles. The second-order valence-electron chi connectivity index (χ2n) is 9.01. The van der Waals surface area contributed by atoms with Crippen LogP contribution < -0.4 is 5.32 Å². The van der Waals surface area contributed by atoms with Crippen molar-refractivity contribution in [3.05, 3.63) is 35.9 Å². The molecular weight excluding hydrogens is 434 g/mol. The molecule has 3 unspecified atom stereocenters. The molecule has 0 spiro atoms. The minimum Gasteiger partial charge on any atom is -0.350 e. The highest BCUT2D eigenvalue weighted by atomic mass is 35.5. The molecule has 3 atom stereocenters. The number of benzene rings is 1. The lowest BCUT2D eigenvalue weighted by molar-refractivity contribution is -0.0312. The zero-order valence-electron chi connectivity index (χ0n) is 19.0. The van der Waals surface area contributed by atoms with E-state index in [2.05, 4.69) is 24.1 Å². The first kappa shape index (κ1) is 26.1. The minimum absolute atomic E-state index is 0. The van der Waals surface area contributed by atoms with Crippen LogP contribution in [0.1, 0.15) is 56.8 Å². The van der Waals surface area contributed by atoms with Crippen molar-refractivity contribution < 1.29 is 13.2 Å². The van der Waals surface area contributed by atoms with Crippen LogP contribution in [0.15, 0.2) is 30.3 Å². The molecule has 31 heavy (non-hydrogen) atoms. The topological polar surface area (TPSA) is 69.7 Å². The second-order valence-corrected chi connectivity index (χ2v) is 11.1. The number of carbonyl (C=O) groups is 1. The highest BCUT2D eigenvalue weighted by Gasteiger charge is 2.47. The second kappa shape index (κ2) is 11.1. The quantitative estimate of drug-likeness (QED) is 0.661. The Bertz CT molecular complexity index is 813. The first-order valence-corrected chi connectivity index (χ1v) is 13.0. The van der Waals surface area contributed by atoms with Crippen molar-refractivity contribution in [3.8, 4) is 0 Å². The molecule has 176 valence electrons. The summed E-state index contributed by atoms with van der Waals surface area (Å²) in [6, 6.07) is 9.35. The molecule has 1 heterocycles. The standard InChI is InChI=1S/C23H37N3O3S.ClH/c1-4-17-30(28,29)26-15-13-25(14-16-26)23(12-8-9-19(2)20(23)3)18-24-22(27)21-10-6-5-7-11-21;/h5-7,10-11,19-20H,4,8-9,12-18H2,1-3H3,(H,24,27);1H. The summed E-state index contributed by atoms with van der Waals surface area (Å²) < 4.78 is 26.6. The fourth-order valence-electron chi connectivity index (χ4n) is 5.27. The zero-order chi connectivity index (χ0) is 21.8. The number of piperazine rings is 1. The van der Waals surface area contributed by atoms with Gasteiger partial charge in [-0.05, 0) is 36.8 Å². The van der Waals surface area contributed by atoms with Crippen LogP contribution in [0, 0.1) is 11.8 Å². The third-order valence-electron chi connectivity index (χ3n) is 7.29. The maximum absolute atomic E-state index is 12.7. The predicted molar refractivity (Wildman–Crippen MR) is 128 cm³/mol. The van der Waals surface area contributed by atoms with Crippen LogP contribution in [-0.2, 0) is 10.0 Å². The van der Waals surface area contributed by atoms with E-state index >= 15 is 0 Å². The average molecular weight is 472 g/mol. The van der Waals surface area contributed by atoms with E-state index in [0.29, 0.717) is 43.5 Å². The van der Waals surface area contributed by atoms with Gasteiger partial charge in [-0.1, -0.05) is 51.8 Å². The van der Waals surface area contributed by atoms with Crippen molar-refractivity contribution in [2.45, 2.75) is 52.0 Å². The van der Waals surface area contributed by atoms with Crippen molar-refractivity contribution in [3.63, 3.8) is 0 Å². The summed E-state index contributed by atoms with van der Waals surface area (Å²) in [5.41, 5.74) is 0.558. The lowest BCUT2D eigenvalue weighted by Gasteiger charge is -2.54. The summed E-state index contributed by atoms with van der Waals surface area (Å²) in [5.74, 6) is 1.19. The van der Waals surface area contributed by atoms with Crippen LogP contribution in [-0.4, -0.2) is 67.5 Å². The van der Waals surface area contributed by atoms with E-state index in [0.717, 1.165) is 25.9 Å². The van der Waals surface area contributed by atoms with Gasteiger partial charge in [-0.2, -0.15) is 4.31 Å². The van der Waals surface area contributed by atoms with E-state index in [9.17, 15) is 13.2 Å². The number of carbonyl (C=O) groups excluding carboxylic acids is 1. The van der Waals surface area contributed by atoms with Gasteiger partial charge in [-0.25, -0.2) is 8.42 Å². The number of halogens is 1. The van der Waals surface area contributed by atoms with E-state index < -0.39 is 10.0 Å². The number of rotatable bonds is 7. The Morgan fingerprint density at radius 3 is 2.39 bits per heavy atom. The molecule has 1 N–H and O–H groups in total. The molecule has 1 aromatic rings. The SMILES string of the molecule is CCCS(=O)(=O)N1CCN(C2(CNC(=O)c3ccccc3)CCCC(C)C2C)CC1.Cl. The van der Waals surface area contributed by atoms with Gasteiger partial charge in [-0.3, -0.25) is 9.69 Å². The Labute approximate surface area is 194 Å². The van der Waals surface area contributed by atoms with Crippen molar-refractivity contribution in [2.75, 3.05) is 38.5 Å². The molecule has 3 rings (SSSR count). The molecule has 0 bridgehead atoms. The molecule has 0 radical (unpaired) electrons. The summed E-state index contributed by atoms with van der Waals surface area (Å²) in [6.45, 7) is 9.65. The Morgan fingerprint density at radius 2 is 1.77 bits per heavy atom. The van der Waals surface area contributed by atoms with E-state index in [1.54, 1.807) is 4.31 Å². The Morgan fingerprint density at radius 1 is 1.13 bits per heavy atom. The van der Waals surface area contributed by atoms with Gasteiger partial charge >= 0.3 is 0 Å². The molecule has 2 aliphatic rings. The number of nitrogens with one attached hydrogen (secondary N) is 1. The summed E-state index contributed by atoms with van der Waals surface area (Å²) in [5, 5.41) is 3.21. The van der Waals surface area contributed by atoms with Gasteiger partial charge in [0.25, 0.3) is 5.91 Å². The lowest BCUT2D eigenvalue weighted by Crippen LogP contribution is -2.66. The molecule has 1 saturated heterocycles. The van der Waals surface area contributed by atoms with Crippen LogP contribution in [0.4, 0.5) is 0 Å². The summed E-state index contributed by atoms with van der Waals surface area (Å²) in [6.07, 6.45) is 4.03. The molecule has 0 aromatic heterocycles. The van der Waals surface area contributed by atoms with E-state index in [1.807, 2.05) is 37.3 Å². The number of nitrogens with zero attached hydrogens (tertiary/aromatic N) is 2. The molecule has 2 fully saturated rings. The van der Waals surface area contributed by atoms with Crippen LogP contribution in [0.3, 0.4) is 0 Å². The largest absolute Gasteiger partial charge is 0.350 e. The minimum atomic E-state index is -3.16. The number of amides is 1. The van der Waals surface area contributed by atoms with Gasteiger partial charge in [0, 0.05) is 43.8 Å². The van der Waals surface area contributed by atoms with Crippen molar-refractivity contribution >= 4 is 28.3 Å². The van der Waals surface area contributed by atoms with Crippen molar-refractivity contribution in [1.29, 1.82) is 0 Å². The Hall–Kier alpha value is -1.15. The van der Waals surface area contributed by atoms with Crippen LogP contribution in [0.2, 0.25) is 0 Å². The normalized spacial score (nSPS) is 28.0. The highest BCUT2D eigenvalue weighted by molar-refractivity contribution is 7.89. The maximum atomic E-state index is 12.7. The van der Waals surface area contributed by atoms with Crippen LogP contribution in [0.25, 0.3) is 0 Å². The first-order valence-electron chi connectivity index (χ1n) is 11.4. The maximum Gasteiger partial charge on any atom is 0.251 e. The van der Waals surface area contributed by atoms with E-state index in [-0.39, 0.29) is 29.6 Å². The molecule has 1 aliphatic carbocycles. The Balaban J connectivity index is 0.00000341. The molecular formula is C23H38ClN3O3S. The summed E-state index contributed by atoms with van der Waals surface area (Å²) in [7, 11) is -3.16. The number of hydrogen-bond donors (Lipinski definition) is 1. The molecule has 8 heteroatoms. The van der Waals surface area contributed by atoms with Gasteiger partial charge in [0.2, 0.25) is 10.0 Å².